The largest absolute Gasteiger partial charge is 0.300 e. The van der Waals surface area contributed by atoms with Gasteiger partial charge in [0.05, 0.1) is 11.3 Å². The van der Waals surface area contributed by atoms with Gasteiger partial charge in [-0.15, -0.1) is 0 Å². The Kier molecular flexibility index (Phi) is 4.03. The summed E-state index contributed by atoms with van der Waals surface area (Å²) in [4.78, 5) is 8.45. The molecule has 0 radical (unpaired) electrons. The van der Waals surface area contributed by atoms with Crippen LogP contribution in [-0.4, -0.2) is 15.7 Å². The highest BCUT2D eigenvalue weighted by atomic mass is 15.0. The van der Waals surface area contributed by atoms with E-state index >= 15 is 0 Å². The van der Waals surface area contributed by atoms with Crippen LogP contribution >= 0.6 is 0 Å². The molecule has 3 N–H and O–H groups in total. The minimum Gasteiger partial charge on any atom is -0.300 e. The quantitative estimate of drug-likeness (QED) is 0.912. The zero-order valence-electron chi connectivity index (χ0n) is 12.3. The zero-order chi connectivity index (χ0) is 15.4. The summed E-state index contributed by atoms with van der Waals surface area (Å²) in [5.41, 5.74) is 4.70. The van der Waals surface area contributed by atoms with E-state index in [0.29, 0.717) is 5.71 Å². The Labute approximate surface area is 129 Å². The van der Waals surface area contributed by atoms with Gasteiger partial charge < -0.3 is 5.41 Å². The first-order chi connectivity index (χ1) is 10.7. The van der Waals surface area contributed by atoms with E-state index in [4.69, 9.17) is 5.41 Å². The summed E-state index contributed by atoms with van der Waals surface area (Å²) in [5, 5.41) is 9.99. The Morgan fingerprint density at radius 2 is 2.05 bits per heavy atom. The van der Waals surface area contributed by atoms with Crippen molar-refractivity contribution in [1.82, 2.24) is 9.97 Å². The Morgan fingerprint density at radius 1 is 1.14 bits per heavy atom. The van der Waals surface area contributed by atoms with E-state index in [9.17, 15) is 0 Å². The van der Waals surface area contributed by atoms with Crippen molar-refractivity contribution in [1.29, 1.82) is 5.41 Å². The molecule has 22 heavy (non-hydrogen) atoms. The minimum absolute atomic E-state index is 0.498. The van der Waals surface area contributed by atoms with Gasteiger partial charge in [0.2, 0.25) is 5.82 Å². The molecule has 0 aromatic carbocycles. The van der Waals surface area contributed by atoms with Crippen LogP contribution in [0.4, 0.5) is 5.82 Å². The maximum Gasteiger partial charge on any atom is 0.228 e. The van der Waals surface area contributed by atoms with Crippen molar-refractivity contribution in [3.8, 4) is 0 Å². The Morgan fingerprint density at radius 3 is 2.82 bits per heavy atom. The van der Waals surface area contributed by atoms with Crippen LogP contribution in [0, 0.1) is 12.3 Å². The summed E-state index contributed by atoms with van der Waals surface area (Å²) in [5.74, 6) is 0.880. The van der Waals surface area contributed by atoms with E-state index in [0.717, 1.165) is 22.5 Å². The lowest BCUT2D eigenvalue weighted by Gasteiger charge is -2.11. The molecule has 2 aromatic heterocycles. The molecule has 0 bridgehead atoms. The monoisotopic (exact) mass is 289 g/mol. The number of quaternary nitrogens is 1. The fourth-order valence-corrected chi connectivity index (χ4v) is 2.28. The van der Waals surface area contributed by atoms with Crippen LogP contribution in [0.3, 0.4) is 0 Å². The Bertz CT molecular complexity index is 786. The van der Waals surface area contributed by atoms with E-state index in [1.54, 1.807) is 12.4 Å². The number of aromatic nitrogens is 2. The average molecular weight is 289 g/mol. The number of hydrogen-bond donors (Lipinski definition) is 2. The number of rotatable bonds is 3. The van der Waals surface area contributed by atoms with Crippen molar-refractivity contribution in [3.63, 3.8) is 0 Å². The molecule has 0 saturated heterocycles. The van der Waals surface area contributed by atoms with Gasteiger partial charge in [0.1, 0.15) is 6.20 Å². The Balaban J connectivity index is 1.90. The maximum atomic E-state index is 8.06. The van der Waals surface area contributed by atoms with Gasteiger partial charge in [-0.2, -0.15) is 0 Å². The number of hydrogen-bond acceptors (Lipinski definition) is 3. The Hall–Kier alpha value is -2.85. The molecule has 4 nitrogen and oxygen atoms in total. The fraction of sp³-hybridized carbons (Fsp3) is 0.0556. The molecule has 0 aliphatic heterocycles. The first-order valence-electron chi connectivity index (χ1n) is 7.10. The van der Waals surface area contributed by atoms with Gasteiger partial charge in [0.15, 0.2) is 0 Å². The lowest BCUT2D eigenvalue weighted by Crippen LogP contribution is -2.72. The summed E-state index contributed by atoms with van der Waals surface area (Å²) < 4.78 is 0. The number of pyridine rings is 2. The number of aryl methyl sites for hydroxylation is 1. The van der Waals surface area contributed by atoms with Crippen molar-refractivity contribution in [2.75, 3.05) is 0 Å². The van der Waals surface area contributed by atoms with Crippen LogP contribution in [0.2, 0.25) is 0 Å². The van der Waals surface area contributed by atoms with Gasteiger partial charge >= 0.3 is 0 Å². The predicted octanol–water partition coefficient (Wildman–Crippen LogP) is 2.54. The third-order valence-corrected chi connectivity index (χ3v) is 3.52. The smallest absolute Gasteiger partial charge is 0.228 e. The molecule has 0 spiro atoms. The van der Waals surface area contributed by atoms with Crippen LogP contribution in [0.5, 0.6) is 0 Å². The molecule has 0 atom stereocenters. The summed E-state index contributed by atoms with van der Waals surface area (Å²) in [7, 11) is 0. The minimum atomic E-state index is 0.498. The molecule has 0 saturated carbocycles. The van der Waals surface area contributed by atoms with Gasteiger partial charge in [-0.25, -0.2) is 4.98 Å². The number of nitrogens with one attached hydrogen (secondary N) is 1. The normalized spacial score (nSPS) is 16.0. The predicted molar refractivity (Wildman–Crippen MR) is 87.7 cm³/mol. The molecule has 0 fully saturated rings. The molecule has 3 rings (SSSR count). The second-order valence-electron chi connectivity index (χ2n) is 5.08. The number of nitrogens with two attached hydrogens (primary N) is 1. The number of allylic oxidation sites excluding steroid dienone is 5. The van der Waals surface area contributed by atoms with E-state index in [1.807, 2.05) is 60.2 Å². The number of nitrogens with zero attached hydrogens (tertiary/aromatic N) is 2. The second-order valence-corrected chi connectivity index (χ2v) is 5.08. The molecule has 2 heterocycles. The summed E-state index contributed by atoms with van der Waals surface area (Å²) in [6.45, 7) is 2.06. The van der Waals surface area contributed by atoms with Crippen LogP contribution in [0.25, 0.3) is 5.57 Å². The standard InChI is InChI=1S/C18H16N4/c1-13-7-9-20-12-16(13)14-5-6-17(19)15(10-14)11-22-18-4-2-3-8-21-18/h2-12,19H,1H3,(H,21,22)/p+1. The molecule has 0 amide bonds. The van der Waals surface area contributed by atoms with Gasteiger partial charge in [-0.1, -0.05) is 12.1 Å². The molecule has 1 aliphatic rings. The zero-order valence-corrected chi connectivity index (χ0v) is 12.3. The maximum absolute atomic E-state index is 8.06. The summed E-state index contributed by atoms with van der Waals surface area (Å²) in [6.07, 6.45) is 13.1. The van der Waals surface area contributed by atoms with Crippen LogP contribution < -0.4 is 5.32 Å². The summed E-state index contributed by atoms with van der Waals surface area (Å²) in [6, 6.07) is 7.77. The van der Waals surface area contributed by atoms with Gasteiger partial charge in [0, 0.05) is 30.2 Å². The average Bonchev–Trinajstić information content (AvgIpc) is 2.56. The summed E-state index contributed by atoms with van der Waals surface area (Å²) >= 11 is 0. The van der Waals surface area contributed by atoms with E-state index in [1.165, 1.54) is 5.56 Å². The fourth-order valence-electron chi connectivity index (χ4n) is 2.28. The lowest BCUT2D eigenvalue weighted by molar-refractivity contribution is -0.501. The van der Waals surface area contributed by atoms with Crippen LogP contribution in [0.1, 0.15) is 11.1 Å². The van der Waals surface area contributed by atoms with Gasteiger partial charge in [-0.05, 0) is 42.3 Å². The third-order valence-electron chi connectivity index (χ3n) is 3.52. The molecule has 108 valence electrons. The first-order valence-corrected chi connectivity index (χ1v) is 7.10. The second kappa shape index (κ2) is 6.28. The molecule has 1 aliphatic carbocycles. The highest BCUT2D eigenvalue weighted by Gasteiger charge is 2.12. The highest BCUT2D eigenvalue weighted by molar-refractivity contribution is 6.12. The molecule has 4 heteroatoms. The van der Waals surface area contributed by atoms with Crippen LogP contribution in [-0.2, 0) is 0 Å². The topological polar surface area (TPSA) is 66.2 Å². The van der Waals surface area contributed by atoms with Crippen molar-refractivity contribution in [2.45, 2.75) is 6.92 Å². The van der Waals surface area contributed by atoms with Crippen molar-refractivity contribution in [2.24, 2.45) is 0 Å². The van der Waals surface area contributed by atoms with Crippen LogP contribution in [0.15, 0.2) is 72.9 Å². The highest BCUT2D eigenvalue weighted by Crippen LogP contribution is 2.24. The first kappa shape index (κ1) is 14.1. The third kappa shape index (κ3) is 3.07. The molecule has 0 unspecified atom stereocenters. The SMILES string of the molecule is Cc1ccncc1C1=CC(=C[NH2+]c2ccccn2)C(=N)C=C1. The molecular formula is C18H17N4+. The van der Waals surface area contributed by atoms with E-state index in [2.05, 4.69) is 16.9 Å². The van der Waals surface area contributed by atoms with E-state index in [-0.39, 0.29) is 0 Å². The van der Waals surface area contributed by atoms with Gasteiger partial charge in [0.25, 0.3) is 0 Å². The van der Waals surface area contributed by atoms with Crippen molar-refractivity contribution in [3.05, 3.63) is 84.0 Å². The molecular weight excluding hydrogens is 272 g/mol. The van der Waals surface area contributed by atoms with Crippen molar-refractivity contribution >= 4 is 17.1 Å². The lowest BCUT2D eigenvalue weighted by atomic mass is 9.94. The molecule has 2 aromatic rings. The van der Waals surface area contributed by atoms with E-state index < -0.39 is 0 Å². The van der Waals surface area contributed by atoms with Gasteiger partial charge in [-0.3, -0.25) is 10.3 Å². The van der Waals surface area contributed by atoms with Crippen molar-refractivity contribution < 1.29 is 5.32 Å².